The Hall–Kier alpha value is -3.09. The second-order valence-electron chi connectivity index (χ2n) is 7.35. The van der Waals surface area contributed by atoms with E-state index in [1.165, 1.54) is 0 Å². The average molecular weight is 382 g/mol. The van der Waals surface area contributed by atoms with Gasteiger partial charge in [0, 0.05) is 5.56 Å². The Bertz CT molecular complexity index is 881. The molecule has 4 rings (SSSR count). The van der Waals surface area contributed by atoms with Crippen molar-refractivity contribution in [1.82, 2.24) is 9.97 Å². The molecular weight excluding hydrogens is 356 g/mol. The smallest absolute Gasteiger partial charge is 0.341 e. The highest BCUT2D eigenvalue weighted by molar-refractivity contribution is 5.94. The third-order valence-electron chi connectivity index (χ3n) is 5.37. The predicted molar refractivity (Wildman–Crippen MR) is 108 cm³/mol. The summed E-state index contributed by atoms with van der Waals surface area (Å²) in [5.41, 5.74) is 13.3. The molecule has 0 aliphatic carbocycles. The Morgan fingerprint density at radius 2 is 1.36 bits per heavy atom. The maximum Gasteiger partial charge on any atom is 0.341 e. The number of rotatable bonds is 2. The Morgan fingerprint density at radius 3 is 1.89 bits per heavy atom. The summed E-state index contributed by atoms with van der Waals surface area (Å²) < 4.78 is 11.0. The van der Waals surface area contributed by atoms with Gasteiger partial charge in [-0.2, -0.15) is 0 Å². The number of hydrogen-bond donors (Lipinski definition) is 2. The van der Waals surface area contributed by atoms with Crippen molar-refractivity contribution < 1.29 is 14.3 Å². The Morgan fingerprint density at radius 1 is 0.893 bits per heavy atom. The van der Waals surface area contributed by atoms with E-state index in [9.17, 15) is 4.79 Å². The molecule has 2 aliphatic heterocycles. The molecule has 0 spiro atoms. The number of nitrogens with two attached hydrogens (primary N) is 2. The first kappa shape index (κ1) is 19.7. The van der Waals surface area contributed by atoms with Gasteiger partial charge in [0.15, 0.2) is 5.60 Å². The molecule has 0 aromatic carbocycles. The maximum atomic E-state index is 11.4. The molecular formula is C21H26N4O3. The molecule has 0 radical (unpaired) electrons. The molecule has 7 heteroatoms. The summed E-state index contributed by atoms with van der Waals surface area (Å²) in [6.45, 7) is 11.7. The molecule has 0 saturated carbocycles. The summed E-state index contributed by atoms with van der Waals surface area (Å²) in [6.07, 6.45) is 1.55. The van der Waals surface area contributed by atoms with E-state index in [2.05, 4.69) is 23.5 Å². The van der Waals surface area contributed by atoms with Crippen molar-refractivity contribution in [3.63, 3.8) is 0 Å². The monoisotopic (exact) mass is 382 g/mol. The SMILES string of the molecule is C=C1O[C@](C)(CC)c2nc(N)ccc21.CC[C@]1(C)OC(=O)c2ccc(N)nc21. The van der Waals surface area contributed by atoms with Gasteiger partial charge in [-0.05, 0) is 51.0 Å². The van der Waals surface area contributed by atoms with Crippen molar-refractivity contribution in [1.29, 1.82) is 0 Å². The summed E-state index contributed by atoms with van der Waals surface area (Å²) in [7, 11) is 0. The third-order valence-corrected chi connectivity index (χ3v) is 5.37. The van der Waals surface area contributed by atoms with Gasteiger partial charge in [-0.1, -0.05) is 20.4 Å². The zero-order chi connectivity index (χ0) is 20.7. The Kier molecular flexibility index (Phi) is 4.79. The molecule has 0 unspecified atom stereocenters. The highest BCUT2D eigenvalue weighted by Gasteiger charge is 2.42. The van der Waals surface area contributed by atoms with E-state index in [4.69, 9.17) is 20.9 Å². The zero-order valence-corrected chi connectivity index (χ0v) is 16.7. The van der Waals surface area contributed by atoms with E-state index >= 15 is 0 Å². The van der Waals surface area contributed by atoms with Crippen LogP contribution in [0.25, 0.3) is 5.76 Å². The molecule has 7 nitrogen and oxygen atoms in total. The number of pyridine rings is 2. The lowest BCUT2D eigenvalue weighted by Crippen LogP contribution is -2.21. The van der Waals surface area contributed by atoms with Crippen LogP contribution in [0.4, 0.5) is 11.6 Å². The first-order valence-electron chi connectivity index (χ1n) is 9.29. The number of carbonyl (C=O) groups is 1. The molecule has 4 N–H and O–H groups in total. The van der Waals surface area contributed by atoms with E-state index < -0.39 is 5.60 Å². The van der Waals surface area contributed by atoms with Gasteiger partial charge >= 0.3 is 5.97 Å². The summed E-state index contributed by atoms with van der Waals surface area (Å²) in [6, 6.07) is 6.97. The Balaban J connectivity index is 0.000000161. The molecule has 0 saturated heterocycles. The highest BCUT2D eigenvalue weighted by Crippen LogP contribution is 2.43. The van der Waals surface area contributed by atoms with Crippen LogP contribution in [-0.4, -0.2) is 15.9 Å². The number of anilines is 2. The van der Waals surface area contributed by atoms with E-state index in [1.807, 2.05) is 26.8 Å². The van der Waals surface area contributed by atoms with Crippen LogP contribution in [0.2, 0.25) is 0 Å². The molecule has 2 aliphatic rings. The van der Waals surface area contributed by atoms with Crippen LogP contribution in [-0.2, 0) is 20.7 Å². The number of esters is 1. The van der Waals surface area contributed by atoms with Crippen LogP contribution in [0.5, 0.6) is 0 Å². The van der Waals surface area contributed by atoms with Crippen LogP contribution in [0.15, 0.2) is 30.8 Å². The molecule has 148 valence electrons. The number of hydrogen-bond acceptors (Lipinski definition) is 7. The summed E-state index contributed by atoms with van der Waals surface area (Å²) in [4.78, 5) is 19.9. The van der Waals surface area contributed by atoms with Gasteiger partial charge in [-0.3, -0.25) is 0 Å². The molecule has 4 heterocycles. The van der Waals surface area contributed by atoms with Gasteiger partial charge in [-0.15, -0.1) is 0 Å². The standard InChI is InChI=1S/C11H14N2O.C10H12N2O2/c1-4-11(3)10-8(7(2)14-11)5-6-9(12)13-10;1-3-10(2)8-6(9(13)14-10)4-5-7(11)12-8/h5-6H,2,4H2,1,3H3,(H2,12,13);4-5H,3H2,1-2H3,(H2,11,12)/t11-;10-/m10/s1. The number of aromatic nitrogens is 2. The van der Waals surface area contributed by atoms with Gasteiger partial charge in [0.05, 0.1) is 11.3 Å². The number of nitrogens with zero attached hydrogens (tertiary/aromatic N) is 2. The van der Waals surface area contributed by atoms with E-state index in [0.29, 0.717) is 35.1 Å². The Labute approximate surface area is 164 Å². The van der Waals surface area contributed by atoms with Gasteiger partial charge in [0.1, 0.15) is 28.7 Å². The second kappa shape index (κ2) is 6.82. The van der Waals surface area contributed by atoms with E-state index in [1.54, 1.807) is 18.2 Å². The normalized spacial score (nSPS) is 24.6. The van der Waals surface area contributed by atoms with Crippen LogP contribution in [0, 0.1) is 0 Å². The van der Waals surface area contributed by atoms with Crippen LogP contribution in [0.3, 0.4) is 0 Å². The molecule has 28 heavy (non-hydrogen) atoms. The lowest BCUT2D eigenvalue weighted by atomic mass is 9.97. The van der Waals surface area contributed by atoms with Gasteiger partial charge in [0.2, 0.25) is 0 Å². The molecule has 2 aromatic heterocycles. The molecule has 2 atom stereocenters. The molecule has 0 bridgehead atoms. The second-order valence-corrected chi connectivity index (χ2v) is 7.35. The highest BCUT2D eigenvalue weighted by atomic mass is 16.6. The molecule has 0 fully saturated rings. The number of ether oxygens (including phenoxy) is 2. The van der Waals surface area contributed by atoms with Crippen molar-refractivity contribution >= 4 is 23.4 Å². The minimum absolute atomic E-state index is 0.308. The number of nitrogen functional groups attached to an aromatic ring is 2. The molecule has 0 amide bonds. The van der Waals surface area contributed by atoms with Crippen LogP contribution >= 0.6 is 0 Å². The topological polar surface area (TPSA) is 113 Å². The van der Waals surface area contributed by atoms with Crippen molar-refractivity contribution in [2.24, 2.45) is 0 Å². The summed E-state index contributed by atoms with van der Waals surface area (Å²) >= 11 is 0. The van der Waals surface area contributed by atoms with Gasteiger partial charge in [0.25, 0.3) is 0 Å². The minimum Gasteiger partial charge on any atom is -0.481 e. The summed E-state index contributed by atoms with van der Waals surface area (Å²) in [5.74, 6) is 1.33. The quantitative estimate of drug-likeness (QED) is 0.760. The van der Waals surface area contributed by atoms with Gasteiger partial charge in [-0.25, -0.2) is 14.8 Å². The first-order chi connectivity index (χ1) is 13.1. The largest absolute Gasteiger partial charge is 0.481 e. The van der Waals surface area contributed by atoms with E-state index in [0.717, 1.165) is 17.7 Å². The third kappa shape index (κ3) is 3.17. The van der Waals surface area contributed by atoms with Crippen LogP contribution < -0.4 is 11.5 Å². The van der Waals surface area contributed by atoms with Crippen molar-refractivity contribution in [3.05, 3.63) is 53.4 Å². The van der Waals surface area contributed by atoms with E-state index in [-0.39, 0.29) is 11.6 Å². The van der Waals surface area contributed by atoms with Gasteiger partial charge < -0.3 is 20.9 Å². The first-order valence-corrected chi connectivity index (χ1v) is 9.29. The summed E-state index contributed by atoms with van der Waals surface area (Å²) in [5, 5.41) is 0. The lowest BCUT2D eigenvalue weighted by Gasteiger charge is -2.21. The zero-order valence-electron chi connectivity index (χ0n) is 16.7. The van der Waals surface area contributed by atoms with Crippen molar-refractivity contribution in [2.75, 3.05) is 11.5 Å². The van der Waals surface area contributed by atoms with Crippen LogP contribution in [0.1, 0.15) is 67.8 Å². The van der Waals surface area contributed by atoms with Crippen molar-refractivity contribution in [2.45, 2.75) is 51.7 Å². The fraction of sp³-hybridized carbons (Fsp3) is 0.381. The number of fused-ring (bicyclic) bond motifs is 2. The molecule has 2 aromatic rings. The fourth-order valence-electron chi connectivity index (χ4n) is 3.31. The minimum atomic E-state index is -0.609. The average Bonchev–Trinajstić information content (AvgIpc) is 3.06. The number of carbonyl (C=O) groups excluding carboxylic acids is 1. The predicted octanol–water partition coefficient (Wildman–Crippen LogP) is 3.75. The number of cyclic esters (lactones) is 1. The maximum absolute atomic E-state index is 11.4. The van der Waals surface area contributed by atoms with Crippen molar-refractivity contribution in [3.8, 4) is 0 Å². The lowest BCUT2D eigenvalue weighted by molar-refractivity contribution is -0.00220. The fourth-order valence-corrected chi connectivity index (χ4v) is 3.31.